The van der Waals surface area contributed by atoms with E-state index in [0.29, 0.717) is 0 Å². The second kappa shape index (κ2) is 4.96. The normalized spacial score (nSPS) is 17.8. The van der Waals surface area contributed by atoms with Crippen LogP contribution < -0.4 is 0 Å². The molecular formula is C17H15FO. The van der Waals surface area contributed by atoms with Crippen molar-refractivity contribution in [3.63, 3.8) is 0 Å². The molecule has 0 amide bonds. The van der Waals surface area contributed by atoms with Crippen molar-refractivity contribution in [2.45, 2.75) is 25.2 Å². The molecule has 0 saturated heterocycles. The van der Waals surface area contributed by atoms with E-state index in [4.69, 9.17) is 0 Å². The molecule has 1 nitrogen and oxygen atoms in total. The van der Waals surface area contributed by atoms with Crippen molar-refractivity contribution >= 4 is 5.78 Å². The topological polar surface area (TPSA) is 17.1 Å². The molecule has 96 valence electrons. The van der Waals surface area contributed by atoms with E-state index < -0.39 is 5.82 Å². The van der Waals surface area contributed by atoms with Gasteiger partial charge in [-0.3, -0.25) is 4.79 Å². The number of halogens is 1. The molecule has 2 aromatic carbocycles. The van der Waals surface area contributed by atoms with Gasteiger partial charge in [-0.25, -0.2) is 4.39 Å². The molecule has 1 aliphatic rings. The molecule has 0 fully saturated rings. The molecule has 2 heteroatoms. The maximum absolute atomic E-state index is 13.8. The Hall–Kier alpha value is -1.96. The fourth-order valence-corrected chi connectivity index (χ4v) is 2.88. The van der Waals surface area contributed by atoms with Crippen LogP contribution in [0.2, 0.25) is 0 Å². The van der Waals surface area contributed by atoms with Gasteiger partial charge in [-0.15, -0.1) is 0 Å². The summed E-state index contributed by atoms with van der Waals surface area (Å²) in [5, 5.41) is 0. The Morgan fingerprint density at radius 1 is 1.05 bits per heavy atom. The molecule has 1 aliphatic carbocycles. The van der Waals surface area contributed by atoms with Crippen molar-refractivity contribution in [3.05, 3.63) is 71.0 Å². The third-order valence-electron chi connectivity index (χ3n) is 3.83. The lowest BCUT2D eigenvalue weighted by molar-refractivity contribution is 0.0947. The smallest absolute Gasteiger partial charge is 0.173 e. The fourth-order valence-electron chi connectivity index (χ4n) is 2.88. The van der Waals surface area contributed by atoms with E-state index in [0.717, 1.165) is 24.8 Å². The van der Waals surface area contributed by atoms with Gasteiger partial charge >= 0.3 is 0 Å². The highest BCUT2D eigenvalue weighted by Gasteiger charge is 2.28. The molecule has 0 aromatic heterocycles. The van der Waals surface area contributed by atoms with Gasteiger partial charge in [0.1, 0.15) is 5.82 Å². The van der Waals surface area contributed by atoms with E-state index in [1.807, 2.05) is 18.2 Å². The van der Waals surface area contributed by atoms with Crippen LogP contribution in [0, 0.1) is 5.82 Å². The first-order valence-electron chi connectivity index (χ1n) is 6.64. The summed E-state index contributed by atoms with van der Waals surface area (Å²) in [4.78, 5) is 12.5. The van der Waals surface area contributed by atoms with Gasteiger partial charge in [0, 0.05) is 5.92 Å². The zero-order chi connectivity index (χ0) is 13.2. The zero-order valence-electron chi connectivity index (χ0n) is 10.6. The van der Waals surface area contributed by atoms with Crippen LogP contribution in [0.4, 0.5) is 4.39 Å². The van der Waals surface area contributed by atoms with Crippen LogP contribution in [0.15, 0.2) is 48.5 Å². The highest BCUT2D eigenvalue weighted by atomic mass is 19.1. The van der Waals surface area contributed by atoms with Crippen molar-refractivity contribution in [1.29, 1.82) is 0 Å². The first kappa shape index (κ1) is 12.1. The summed E-state index contributed by atoms with van der Waals surface area (Å²) < 4.78 is 13.8. The van der Waals surface area contributed by atoms with Gasteiger partial charge in [0.15, 0.2) is 5.78 Å². The summed E-state index contributed by atoms with van der Waals surface area (Å²) in [5.74, 6) is -0.706. The first-order valence-corrected chi connectivity index (χ1v) is 6.64. The predicted octanol–water partition coefficient (Wildman–Crippen LogP) is 4.13. The van der Waals surface area contributed by atoms with Crippen LogP contribution in [0.3, 0.4) is 0 Å². The SMILES string of the molecule is O=C(c1ccccc1F)C1CCCc2ccccc21. The van der Waals surface area contributed by atoms with Crippen LogP contribution in [-0.2, 0) is 6.42 Å². The van der Waals surface area contributed by atoms with Gasteiger partial charge in [0.25, 0.3) is 0 Å². The molecule has 0 saturated carbocycles. The van der Waals surface area contributed by atoms with Crippen LogP contribution in [-0.4, -0.2) is 5.78 Å². The highest BCUT2D eigenvalue weighted by molar-refractivity contribution is 6.01. The summed E-state index contributed by atoms with van der Waals surface area (Å²) in [6.07, 6.45) is 2.81. The van der Waals surface area contributed by atoms with Gasteiger partial charge in [0.2, 0.25) is 0 Å². The third kappa shape index (κ3) is 2.19. The lowest BCUT2D eigenvalue weighted by Gasteiger charge is -2.24. The van der Waals surface area contributed by atoms with Crippen molar-refractivity contribution in [3.8, 4) is 0 Å². The Bertz CT molecular complexity index is 618. The number of Topliss-reactive ketones (excluding diaryl/α,β-unsaturated/α-hetero) is 1. The van der Waals surface area contributed by atoms with E-state index in [-0.39, 0.29) is 17.3 Å². The zero-order valence-corrected chi connectivity index (χ0v) is 10.6. The van der Waals surface area contributed by atoms with Gasteiger partial charge in [-0.2, -0.15) is 0 Å². The summed E-state index contributed by atoms with van der Waals surface area (Å²) in [6, 6.07) is 14.3. The van der Waals surface area contributed by atoms with Gasteiger partial charge in [0.05, 0.1) is 5.56 Å². The Morgan fingerprint density at radius 3 is 2.63 bits per heavy atom. The standard InChI is InChI=1S/C17H15FO/c18-16-11-4-3-9-15(16)17(19)14-10-5-7-12-6-1-2-8-13(12)14/h1-4,6,8-9,11,14H,5,7,10H2. The molecule has 0 N–H and O–H groups in total. The average molecular weight is 254 g/mol. The maximum Gasteiger partial charge on any atom is 0.173 e. The second-order valence-corrected chi connectivity index (χ2v) is 4.99. The Morgan fingerprint density at radius 2 is 1.79 bits per heavy atom. The van der Waals surface area contributed by atoms with E-state index in [1.165, 1.54) is 11.6 Å². The Kier molecular flexibility index (Phi) is 3.16. The van der Waals surface area contributed by atoms with Gasteiger partial charge < -0.3 is 0 Å². The van der Waals surface area contributed by atoms with E-state index in [1.54, 1.807) is 18.2 Å². The van der Waals surface area contributed by atoms with Gasteiger partial charge in [-0.1, -0.05) is 36.4 Å². The van der Waals surface area contributed by atoms with E-state index in [2.05, 4.69) is 6.07 Å². The monoisotopic (exact) mass is 254 g/mol. The quantitative estimate of drug-likeness (QED) is 0.736. The number of rotatable bonds is 2. The molecule has 0 aliphatic heterocycles. The minimum Gasteiger partial charge on any atom is -0.293 e. The number of carbonyl (C=O) groups is 1. The lowest BCUT2D eigenvalue weighted by Crippen LogP contribution is -2.19. The molecule has 0 spiro atoms. The predicted molar refractivity (Wildman–Crippen MR) is 72.9 cm³/mol. The highest BCUT2D eigenvalue weighted by Crippen LogP contribution is 2.34. The van der Waals surface area contributed by atoms with Gasteiger partial charge in [-0.05, 0) is 42.5 Å². The molecule has 0 radical (unpaired) electrons. The molecule has 0 bridgehead atoms. The molecule has 1 atom stereocenters. The number of hydrogen-bond donors (Lipinski definition) is 0. The molecule has 19 heavy (non-hydrogen) atoms. The van der Waals surface area contributed by atoms with Crippen molar-refractivity contribution in [2.75, 3.05) is 0 Å². The number of ketones is 1. The van der Waals surface area contributed by atoms with Crippen LogP contribution in [0.25, 0.3) is 0 Å². The first-order chi connectivity index (χ1) is 9.27. The van der Waals surface area contributed by atoms with Crippen LogP contribution in [0.1, 0.15) is 40.2 Å². The largest absolute Gasteiger partial charge is 0.293 e. The lowest BCUT2D eigenvalue weighted by atomic mass is 9.79. The molecule has 3 rings (SSSR count). The van der Waals surface area contributed by atoms with Crippen LogP contribution >= 0.6 is 0 Å². The second-order valence-electron chi connectivity index (χ2n) is 4.99. The molecule has 0 heterocycles. The maximum atomic E-state index is 13.8. The van der Waals surface area contributed by atoms with Crippen LogP contribution in [0.5, 0.6) is 0 Å². The minimum absolute atomic E-state index is 0.0924. The summed E-state index contributed by atoms with van der Waals surface area (Å²) >= 11 is 0. The minimum atomic E-state index is -0.421. The summed E-state index contributed by atoms with van der Waals surface area (Å²) in [6.45, 7) is 0. The number of hydrogen-bond acceptors (Lipinski definition) is 1. The Balaban J connectivity index is 2.00. The van der Waals surface area contributed by atoms with Crippen molar-refractivity contribution in [2.24, 2.45) is 0 Å². The van der Waals surface area contributed by atoms with E-state index >= 15 is 0 Å². The van der Waals surface area contributed by atoms with Crippen molar-refractivity contribution < 1.29 is 9.18 Å². The Labute approximate surface area is 112 Å². The summed E-state index contributed by atoms with van der Waals surface area (Å²) in [5.41, 5.74) is 2.51. The van der Waals surface area contributed by atoms with Crippen molar-refractivity contribution in [1.82, 2.24) is 0 Å². The number of benzene rings is 2. The number of fused-ring (bicyclic) bond motifs is 1. The van der Waals surface area contributed by atoms with E-state index in [9.17, 15) is 9.18 Å². The fraction of sp³-hybridized carbons (Fsp3) is 0.235. The molecular weight excluding hydrogens is 239 g/mol. The molecule has 2 aromatic rings. The molecule has 1 unspecified atom stereocenters. The number of carbonyl (C=O) groups excluding carboxylic acids is 1. The summed E-state index contributed by atoms with van der Waals surface area (Å²) in [7, 11) is 0. The third-order valence-corrected chi connectivity index (χ3v) is 3.83. The average Bonchev–Trinajstić information content (AvgIpc) is 2.46. The number of aryl methyl sites for hydroxylation is 1.